The van der Waals surface area contributed by atoms with Crippen molar-refractivity contribution in [2.24, 2.45) is 0 Å². The topological polar surface area (TPSA) is 51.6 Å². The van der Waals surface area contributed by atoms with E-state index in [9.17, 15) is 0 Å². The monoisotopic (exact) mass is 442 g/mol. The first-order chi connectivity index (χ1) is 12.1. The molecule has 0 aliphatic carbocycles. The second-order valence-electron chi connectivity index (χ2n) is 6.18. The fourth-order valence-corrected chi connectivity index (χ4v) is 4.56. The van der Waals surface area contributed by atoms with Crippen LogP contribution in [0.25, 0.3) is 0 Å². The van der Waals surface area contributed by atoms with Gasteiger partial charge in [0.25, 0.3) is 0 Å². The molecular formula is C16H19BrN4O2S2. The highest BCUT2D eigenvalue weighted by Gasteiger charge is 2.39. The van der Waals surface area contributed by atoms with Crippen LogP contribution in [-0.2, 0) is 16.1 Å². The molecule has 1 aromatic carbocycles. The van der Waals surface area contributed by atoms with Gasteiger partial charge in [0.1, 0.15) is 0 Å². The van der Waals surface area contributed by atoms with Crippen LogP contribution in [-0.4, -0.2) is 46.8 Å². The molecule has 2 aliphatic rings. The van der Waals surface area contributed by atoms with Crippen molar-refractivity contribution < 1.29 is 9.47 Å². The van der Waals surface area contributed by atoms with Gasteiger partial charge >= 0.3 is 0 Å². The third-order valence-electron chi connectivity index (χ3n) is 4.45. The molecule has 1 N–H and O–H groups in total. The van der Waals surface area contributed by atoms with Crippen molar-refractivity contribution in [3.8, 4) is 0 Å². The molecule has 0 bridgehead atoms. The molecule has 2 saturated heterocycles. The van der Waals surface area contributed by atoms with Gasteiger partial charge in [0.05, 0.1) is 19.9 Å². The lowest BCUT2D eigenvalue weighted by atomic mass is 10.0. The van der Waals surface area contributed by atoms with Gasteiger partial charge in [-0.05, 0) is 30.4 Å². The van der Waals surface area contributed by atoms with E-state index in [4.69, 9.17) is 21.7 Å². The summed E-state index contributed by atoms with van der Waals surface area (Å²) in [5, 5.41) is 8.74. The quantitative estimate of drug-likeness (QED) is 0.722. The summed E-state index contributed by atoms with van der Waals surface area (Å²) in [7, 11) is 0. The van der Waals surface area contributed by atoms with Crippen molar-refractivity contribution in [3.63, 3.8) is 0 Å². The first-order valence-corrected chi connectivity index (χ1v) is 10.2. The highest BCUT2D eigenvalue weighted by molar-refractivity contribution is 9.10. The molecule has 0 saturated carbocycles. The van der Waals surface area contributed by atoms with Gasteiger partial charge < -0.3 is 14.8 Å². The fourth-order valence-electron chi connectivity index (χ4n) is 3.15. The number of ether oxygens (including phenoxy) is 2. The Balaban J connectivity index is 1.38. The summed E-state index contributed by atoms with van der Waals surface area (Å²) >= 11 is 10.4. The van der Waals surface area contributed by atoms with Gasteiger partial charge in [-0.3, -0.25) is 4.90 Å². The molecule has 0 unspecified atom stereocenters. The minimum atomic E-state index is -0.340. The highest BCUT2D eigenvalue weighted by Crippen LogP contribution is 2.31. The van der Waals surface area contributed by atoms with Gasteiger partial charge in [0.2, 0.25) is 5.13 Å². The van der Waals surface area contributed by atoms with Crippen LogP contribution in [0.15, 0.2) is 28.7 Å². The minimum absolute atomic E-state index is 0.340. The lowest BCUT2D eigenvalue weighted by Gasteiger charge is -2.37. The number of hydrogen-bond acceptors (Lipinski definition) is 7. The Hall–Kier alpha value is -0.840. The molecule has 2 fully saturated rings. The van der Waals surface area contributed by atoms with Crippen LogP contribution < -0.4 is 5.32 Å². The van der Waals surface area contributed by atoms with E-state index in [1.807, 2.05) is 28.9 Å². The maximum absolute atomic E-state index is 5.78. The van der Waals surface area contributed by atoms with Crippen molar-refractivity contribution in [3.05, 3.63) is 32.7 Å². The predicted molar refractivity (Wildman–Crippen MR) is 104 cm³/mol. The Labute approximate surface area is 163 Å². The first-order valence-electron chi connectivity index (χ1n) is 8.23. The number of rotatable bonds is 4. The molecule has 134 valence electrons. The average molecular weight is 443 g/mol. The minimum Gasteiger partial charge on any atom is -0.347 e. The molecule has 0 radical (unpaired) electrons. The number of piperidine rings is 1. The zero-order valence-corrected chi connectivity index (χ0v) is 16.8. The number of likely N-dealkylation sites (tertiary alicyclic amines) is 1. The summed E-state index contributed by atoms with van der Waals surface area (Å²) in [5.41, 5.74) is 0.987. The number of anilines is 2. The zero-order chi connectivity index (χ0) is 17.3. The van der Waals surface area contributed by atoms with Crippen LogP contribution in [0.3, 0.4) is 0 Å². The van der Waals surface area contributed by atoms with Crippen LogP contribution in [0.2, 0.25) is 0 Å². The van der Waals surface area contributed by atoms with E-state index < -0.39 is 0 Å². The maximum Gasteiger partial charge on any atom is 0.209 e. The van der Waals surface area contributed by atoms with E-state index in [-0.39, 0.29) is 5.79 Å². The molecule has 1 spiro atoms. The second kappa shape index (κ2) is 7.42. The van der Waals surface area contributed by atoms with E-state index in [1.54, 1.807) is 0 Å². The van der Waals surface area contributed by atoms with E-state index in [1.165, 1.54) is 11.3 Å². The summed E-state index contributed by atoms with van der Waals surface area (Å²) in [5.74, 6) is -0.340. The van der Waals surface area contributed by atoms with E-state index >= 15 is 0 Å². The standard InChI is InChI=1S/C16H19BrN4O2S2/c17-12-2-1-3-13(10-12)18-14-19-21(15(24)25-14)11-20-6-4-16(5-7-20)22-8-9-23-16/h1-3,10H,4-9,11H2,(H,18,19). The molecule has 0 atom stereocenters. The van der Waals surface area contributed by atoms with Gasteiger partial charge in [-0.25, -0.2) is 4.68 Å². The van der Waals surface area contributed by atoms with Crippen molar-refractivity contribution in [2.45, 2.75) is 25.3 Å². The number of halogens is 1. The van der Waals surface area contributed by atoms with Crippen LogP contribution in [0.5, 0.6) is 0 Å². The Morgan fingerprint density at radius 3 is 2.76 bits per heavy atom. The predicted octanol–water partition coefficient (Wildman–Crippen LogP) is 3.98. The van der Waals surface area contributed by atoms with Crippen molar-refractivity contribution in [1.29, 1.82) is 0 Å². The molecule has 3 heterocycles. The van der Waals surface area contributed by atoms with Gasteiger partial charge in [-0.1, -0.05) is 33.3 Å². The normalized spacial score (nSPS) is 20.2. The van der Waals surface area contributed by atoms with Crippen LogP contribution in [0, 0.1) is 3.95 Å². The van der Waals surface area contributed by atoms with Crippen LogP contribution in [0.4, 0.5) is 10.8 Å². The molecule has 4 rings (SSSR count). The van der Waals surface area contributed by atoms with Gasteiger partial charge in [-0.15, -0.1) is 5.10 Å². The number of nitrogens with one attached hydrogen (secondary N) is 1. The van der Waals surface area contributed by atoms with Crippen LogP contribution in [0.1, 0.15) is 12.8 Å². The summed E-state index contributed by atoms with van der Waals surface area (Å²) in [6, 6.07) is 8.00. The smallest absolute Gasteiger partial charge is 0.209 e. The summed E-state index contributed by atoms with van der Waals surface area (Å²) in [6.07, 6.45) is 1.79. The second-order valence-corrected chi connectivity index (χ2v) is 8.71. The Morgan fingerprint density at radius 1 is 1.28 bits per heavy atom. The largest absolute Gasteiger partial charge is 0.347 e. The van der Waals surface area contributed by atoms with E-state index in [2.05, 4.69) is 31.2 Å². The summed E-state index contributed by atoms with van der Waals surface area (Å²) in [4.78, 5) is 2.34. The summed E-state index contributed by atoms with van der Waals surface area (Å²) < 4.78 is 15.2. The first kappa shape index (κ1) is 17.6. The SMILES string of the molecule is S=c1sc(Nc2cccc(Br)c2)nn1CN1CCC2(CC1)OCCO2. The molecule has 2 aromatic rings. The van der Waals surface area contributed by atoms with Crippen molar-refractivity contribution >= 4 is 50.3 Å². The van der Waals surface area contributed by atoms with E-state index in [0.29, 0.717) is 19.9 Å². The lowest BCUT2D eigenvalue weighted by molar-refractivity contribution is -0.187. The van der Waals surface area contributed by atoms with Gasteiger partial charge in [0, 0.05) is 36.1 Å². The lowest BCUT2D eigenvalue weighted by Crippen LogP contribution is -2.45. The Bertz CT molecular complexity index is 793. The van der Waals surface area contributed by atoms with Gasteiger partial charge in [-0.2, -0.15) is 0 Å². The molecule has 2 aliphatic heterocycles. The number of aromatic nitrogens is 2. The molecule has 0 amide bonds. The zero-order valence-electron chi connectivity index (χ0n) is 13.6. The average Bonchev–Trinajstić information content (AvgIpc) is 3.17. The molecule has 1 aromatic heterocycles. The molecule has 9 heteroatoms. The fraction of sp³-hybridized carbons (Fsp3) is 0.500. The molecule has 25 heavy (non-hydrogen) atoms. The van der Waals surface area contributed by atoms with Crippen LogP contribution >= 0.6 is 39.5 Å². The van der Waals surface area contributed by atoms with Gasteiger partial charge in [0.15, 0.2) is 9.74 Å². The molecule has 6 nitrogen and oxygen atoms in total. The highest BCUT2D eigenvalue weighted by atomic mass is 79.9. The summed E-state index contributed by atoms with van der Waals surface area (Å²) in [6.45, 7) is 3.97. The number of nitrogens with zero attached hydrogens (tertiary/aromatic N) is 3. The third-order valence-corrected chi connectivity index (χ3v) is 6.16. The van der Waals surface area contributed by atoms with Crippen molar-refractivity contribution in [1.82, 2.24) is 14.7 Å². The maximum atomic E-state index is 5.78. The molecular weight excluding hydrogens is 424 g/mol. The van der Waals surface area contributed by atoms with E-state index in [0.717, 1.165) is 45.2 Å². The third kappa shape index (κ3) is 4.12. The Morgan fingerprint density at radius 2 is 2.04 bits per heavy atom. The number of benzene rings is 1. The van der Waals surface area contributed by atoms with Crippen molar-refractivity contribution in [2.75, 3.05) is 31.6 Å². The Kier molecular flexibility index (Phi) is 5.21. The number of hydrogen-bond donors (Lipinski definition) is 1.